The molecule has 0 aliphatic heterocycles. The van der Waals surface area contributed by atoms with Crippen LogP contribution in [0, 0.1) is 0 Å². The van der Waals surface area contributed by atoms with Gasteiger partial charge in [-0.3, -0.25) is 9.97 Å². The Morgan fingerprint density at radius 3 is 2.24 bits per heavy atom. The molecule has 0 aliphatic rings. The van der Waals surface area contributed by atoms with E-state index in [1.807, 2.05) is 30.5 Å². The SMILES string of the molecule is FC(F)(F)c1ccc2c(Cl)ccnc2c1.c1ccc2ncccc2c1. The first-order chi connectivity index (χ1) is 11.9. The maximum Gasteiger partial charge on any atom is 0.416 e. The standard InChI is InChI=1S/C10H5ClF3N.C9H7N/c11-8-3-4-15-9-5-6(10(12,13)14)1-2-7(8)9;1-2-6-9-8(4-1)5-3-7-10-9/h1-5H;1-7H. The molecule has 2 aromatic carbocycles. The van der Waals surface area contributed by atoms with Gasteiger partial charge in [-0.25, -0.2) is 0 Å². The fourth-order valence-electron chi connectivity index (χ4n) is 2.31. The predicted octanol–water partition coefficient (Wildman–Crippen LogP) is 6.14. The summed E-state index contributed by atoms with van der Waals surface area (Å²) in [5.41, 5.74) is 0.590. The normalized spacial score (nSPS) is 11.2. The number of halogens is 4. The van der Waals surface area contributed by atoms with Crippen LogP contribution in [0.2, 0.25) is 5.02 Å². The summed E-state index contributed by atoms with van der Waals surface area (Å²) >= 11 is 5.80. The highest BCUT2D eigenvalue weighted by molar-refractivity contribution is 6.35. The minimum Gasteiger partial charge on any atom is -0.256 e. The van der Waals surface area contributed by atoms with Gasteiger partial charge in [-0.05, 0) is 30.3 Å². The largest absolute Gasteiger partial charge is 0.416 e. The van der Waals surface area contributed by atoms with Gasteiger partial charge < -0.3 is 0 Å². The quantitative estimate of drug-likeness (QED) is 0.376. The van der Waals surface area contributed by atoms with Crippen LogP contribution >= 0.6 is 11.6 Å². The van der Waals surface area contributed by atoms with Crippen molar-refractivity contribution in [3.8, 4) is 0 Å². The van der Waals surface area contributed by atoms with Crippen LogP contribution in [0.25, 0.3) is 21.8 Å². The fourth-order valence-corrected chi connectivity index (χ4v) is 2.52. The summed E-state index contributed by atoms with van der Waals surface area (Å²) in [7, 11) is 0. The van der Waals surface area contributed by atoms with Crippen LogP contribution < -0.4 is 0 Å². The molecule has 2 heterocycles. The molecule has 6 heteroatoms. The van der Waals surface area contributed by atoms with E-state index in [4.69, 9.17) is 11.6 Å². The lowest BCUT2D eigenvalue weighted by Gasteiger charge is -2.07. The van der Waals surface area contributed by atoms with Crippen molar-refractivity contribution in [1.29, 1.82) is 0 Å². The molecular formula is C19H12ClF3N2. The zero-order valence-corrected chi connectivity index (χ0v) is 13.6. The van der Waals surface area contributed by atoms with Crippen molar-refractivity contribution in [2.75, 3.05) is 0 Å². The maximum absolute atomic E-state index is 12.4. The van der Waals surface area contributed by atoms with Crippen molar-refractivity contribution < 1.29 is 13.2 Å². The molecule has 0 saturated carbocycles. The Hall–Kier alpha value is -2.66. The van der Waals surface area contributed by atoms with Crippen molar-refractivity contribution in [2.45, 2.75) is 6.18 Å². The highest BCUT2D eigenvalue weighted by atomic mass is 35.5. The highest BCUT2D eigenvalue weighted by Gasteiger charge is 2.30. The lowest BCUT2D eigenvalue weighted by atomic mass is 10.1. The molecule has 4 rings (SSSR count). The Labute approximate surface area is 146 Å². The first-order valence-corrected chi connectivity index (χ1v) is 7.74. The lowest BCUT2D eigenvalue weighted by Crippen LogP contribution is -2.04. The number of aromatic nitrogens is 2. The van der Waals surface area contributed by atoms with E-state index in [2.05, 4.69) is 22.1 Å². The number of pyridine rings is 2. The molecule has 0 aliphatic carbocycles. The van der Waals surface area contributed by atoms with Gasteiger partial charge in [-0.15, -0.1) is 0 Å². The summed E-state index contributed by atoms with van der Waals surface area (Å²) in [6, 6.07) is 16.9. The van der Waals surface area contributed by atoms with Crippen molar-refractivity contribution in [1.82, 2.24) is 9.97 Å². The Kier molecular flexibility index (Phi) is 4.86. The van der Waals surface area contributed by atoms with E-state index in [0.29, 0.717) is 10.4 Å². The van der Waals surface area contributed by atoms with E-state index in [-0.39, 0.29) is 5.52 Å². The molecule has 0 spiro atoms. The molecular weight excluding hydrogens is 349 g/mol. The van der Waals surface area contributed by atoms with E-state index in [9.17, 15) is 13.2 Å². The predicted molar refractivity (Wildman–Crippen MR) is 93.5 cm³/mol. The fraction of sp³-hybridized carbons (Fsp3) is 0.0526. The number of alkyl halides is 3. The number of hydrogen-bond acceptors (Lipinski definition) is 2. The number of para-hydroxylation sites is 1. The molecule has 0 radical (unpaired) electrons. The second kappa shape index (κ2) is 7.07. The average molecular weight is 361 g/mol. The van der Waals surface area contributed by atoms with Gasteiger partial charge in [-0.1, -0.05) is 41.9 Å². The Morgan fingerprint density at radius 1 is 0.760 bits per heavy atom. The molecule has 2 aromatic heterocycles. The Bertz CT molecular complexity index is 950. The Balaban J connectivity index is 0.000000157. The van der Waals surface area contributed by atoms with Crippen LogP contribution in [0.5, 0.6) is 0 Å². The number of fused-ring (bicyclic) bond motifs is 2. The number of benzene rings is 2. The summed E-state index contributed by atoms with van der Waals surface area (Å²) in [6.07, 6.45) is -1.16. The average Bonchev–Trinajstić information content (AvgIpc) is 2.62. The van der Waals surface area contributed by atoms with Crippen LogP contribution in [0.3, 0.4) is 0 Å². The maximum atomic E-state index is 12.4. The summed E-state index contributed by atoms with van der Waals surface area (Å²) in [4.78, 5) is 8.01. The van der Waals surface area contributed by atoms with Crippen LogP contribution in [-0.2, 0) is 6.18 Å². The van der Waals surface area contributed by atoms with Gasteiger partial charge in [0, 0.05) is 23.2 Å². The number of nitrogens with zero attached hydrogens (tertiary/aromatic N) is 2. The van der Waals surface area contributed by atoms with Gasteiger partial charge in [0.15, 0.2) is 0 Å². The van der Waals surface area contributed by atoms with Crippen LogP contribution in [0.4, 0.5) is 13.2 Å². The molecule has 0 unspecified atom stereocenters. The smallest absolute Gasteiger partial charge is 0.256 e. The van der Waals surface area contributed by atoms with E-state index >= 15 is 0 Å². The van der Waals surface area contributed by atoms with Gasteiger partial charge >= 0.3 is 6.18 Å². The Morgan fingerprint density at radius 2 is 1.48 bits per heavy atom. The third-order valence-corrected chi connectivity index (χ3v) is 3.86. The highest BCUT2D eigenvalue weighted by Crippen LogP contribution is 2.32. The first-order valence-electron chi connectivity index (χ1n) is 7.36. The van der Waals surface area contributed by atoms with Gasteiger partial charge in [0.2, 0.25) is 0 Å². The number of rotatable bonds is 0. The van der Waals surface area contributed by atoms with Crippen molar-refractivity contribution >= 4 is 33.4 Å². The molecule has 0 saturated heterocycles. The van der Waals surface area contributed by atoms with Gasteiger partial charge in [0.05, 0.1) is 21.6 Å². The summed E-state index contributed by atoms with van der Waals surface area (Å²) in [5.74, 6) is 0. The van der Waals surface area contributed by atoms with Crippen LogP contribution in [0.1, 0.15) is 5.56 Å². The van der Waals surface area contributed by atoms with Crippen molar-refractivity contribution in [3.63, 3.8) is 0 Å². The molecule has 0 N–H and O–H groups in total. The van der Waals surface area contributed by atoms with Gasteiger partial charge in [0.1, 0.15) is 0 Å². The summed E-state index contributed by atoms with van der Waals surface area (Å²) in [6.45, 7) is 0. The third kappa shape index (κ3) is 4.06. The summed E-state index contributed by atoms with van der Waals surface area (Å²) < 4.78 is 37.1. The topological polar surface area (TPSA) is 25.8 Å². The van der Waals surface area contributed by atoms with E-state index in [1.54, 1.807) is 0 Å². The van der Waals surface area contributed by atoms with E-state index in [1.165, 1.54) is 23.7 Å². The zero-order chi connectivity index (χ0) is 17.9. The monoisotopic (exact) mass is 360 g/mol. The van der Waals surface area contributed by atoms with Crippen LogP contribution in [0.15, 0.2) is 73.1 Å². The second-order valence-electron chi connectivity index (χ2n) is 5.22. The molecule has 126 valence electrons. The molecule has 0 bridgehead atoms. The molecule has 4 aromatic rings. The zero-order valence-electron chi connectivity index (χ0n) is 12.8. The first kappa shape index (κ1) is 17.2. The molecule has 0 amide bonds. The van der Waals surface area contributed by atoms with E-state index < -0.39 is 11.7 Å². The molecule has 0 atom stereocenters. The third-order valence-electron chi connectivity index (χ3n) is 3.53. The molecule has 25 heavy (non-hydrogen) atoms. The molecule has 0 fully saturated rings. The van der Waals surface area contributed by atoms with E-state index in [0.717, 1.165) is 17.6 Å². The number of hydrogen-bond donors (Lipinski definition) is 0. The molecule has 2 nitrogen and oxygen atoms in total. The van der Waals surface area contributed by atoms with Gasteiger partial charge in [0.25, 0.3) is 0 Å². The van der Waals surface area contributed by atoms with Crippen molar-refractivity contribution in [2.24, 2.45) is 0 Å². The summed E-state index contributed by atoms with van der Waals surface area (Å²) in [5, 5.41) is 2.12. The van der Waals surface area contributed by atoms with Gasteiger partial charge in [-0.2, -0.15) is 13.2 Å². The minimum atomic E-state index is -4.35. The van der Waals surface area contributed by atoms with Crippen LogP contribution in [-0.4, -0.2) is 9.97 Å². The lowest BCUT2D eigenvalue weighted by molar-refractivity contribution is -0.137. The minimum absolute atomic E-state index is 0.248. The van der Waals surface area contributed by atoms with Crippen molar-refractivity contribution in [3.05, 3.63) is 83.6 Å². The second-order valence-corrected chi connectivity index (χ2v) is 5.63.